The average Bonchev–Trinajstić information content (AvgIpc) is 2.09. The molecule has 0 saturated heterocycles. The van der Waals surface area contributed by atoms with Crippen LogP contribution in [0.25, 0.3) is 0 Å². The van der Waals surface area contributed by atoms with E-state index in [0.717, 1.165) is 19.6 Å². The van der Waals surface area contributed by atoms with E-state index < -0.39 is 0 Å². The van der Waals surface area contributed by atoms with Gasteiger partial charge in [-0.05, 0) is 0 Å². The van der Waals surface area contributed by atoms with E-state index in [2.05, 4.69) is 24.5 Å². The number of rotatable bonds is 9. The van der Waals surface area contributed by atoms with Crippen molar-refractivity contribution in [1.82, 2.24) is 10.6 Å². The Hall–Kier alpha value is -0.160. The summed E-state index contributed by atoms with van der Waals surface area (Å²) in [7, 11) is 0. The highest BCUT2D eigenvalue weighted by Gasteiger charge is 1.91. The molecule has 0 spiro atoms. The maximum Gasteiger partial charge on any atom is 0.0698 e. The van der Waals surface area contributed by atoms with Crippen molar-refractivity contribution in [3.05, 3.63) is 0 Å². The third-order valence-corrected chi connectivity index (χ3v) is 1.51. The predicted octanol–water partition coefficient (Wildman–Crippen LogP) is -0.417. The Morgan fingerprint density at radius 1 is 1.15 bits per heavy atom. The van der Waals surface area contributed by atoms with Crippen LogP contribution in [0.15, 0.2) is 0 Å². The standard InChI is InChI=1S/C9H22N2O2/c1-9(2)11-4-3-10-5-7-13-8-6-12/h9-12H,3-8H2,1-2H3. The minimum Gasteiger partial charge on any atom is -0.394 e. The summed E-state index contributed by atoms with van der Waals surface area (Å²) in [6.45, 7) is 8.26. The van der Waals surface area contributed by atoms with Crippen LogP contribution in [0.4, 0.5) is 0 Å². The molecule has 0 heterocycles. The van der Waals surface area contributed by atoms with E-state index >= 15 is 0 Å². The highest BCUT2D eigenvalue weighted by Crippen LogP contribution is 1.74. The van der Waals surface area contributed by atoms with Crippen molar-refractivity contribution in [2.75, 3.05) is 39.5 Å². The lowest BCUT2D eigenvalue weighted by atomic mass is 10.4. The molecule has 0 aliphatic carbocycles. The largest absolute Gasteiger partial charge is 0.394 e. The summed E-state index contributed by atoms with van der Waals surface area (Å²) >= 11 is 0. The lowest BCUT2D eigenvalue weighted by molar-refractivity contribution is 0.0940. The molecule has 3 N–H and O–H groups in total. The fourth-order valence-corrected chi connectivity index (χ4v) is 0.885. The topological polar surface area (TPSA) is 53.5 Å². The molecule has 0 saturated carbocycles. The summed E-state index contributed by atoms with van der Waals surface area (Å²) in [5.41, 5.74) is 0. The highest BCUT2D eigenvalue weighted by molar-refractivity contribution is 4.55. The normalized spacial score (nSPS) is 11.1. The van der Waals surface area contributed by atoms with Crippen molar-refractivity contribution in [1.29, 1.82) is 0 Å². The van der Waals surface area contributed by atoms with E-state index in [-0.39, 0.29) is 6.61 Å². The third kappa shape index (κ3) is 11.8. The smallest absolute Gasteiger partial charge is 0.0698 e. The Bertz CT molecular complexity index is 99.6. The summed E-state index contributed by atoms with van der Waals surface area (Å²) in [6, 6.07) is 0.549. The number of nitrogens with one attached hydrogen (secondary N) is 2. The van der Waals surface area contributed by atoms with Crippen LogP contribution < -0.4 is 10.6 Å². The summed E-state index contributed by atoms with van der Waals surface area (Å²) < 4.78 is 5.08. The van der Waals surface area contributed by atoms with Crippen LogP contribution in [0.1, 0.15) is 13.8 Å². The molecule has 0 aliphatic heterocycles. The van der Waals surface area contributed by atoms with Crippen molar-refractivity contribution in [2.45, 2.75) is 19.9 Å². The minimum atomic E-state index is 0.106. The molecule has 0 rings (SSSR count). The zero-order chi connectivity index (χ0) is 9.94. The highest BCUT2D eigenvalue weighted by atomic mass is 16.5. The molecular weight excluding hydrogens is 168 g/mol. The molecule has 0 amide bonds. The maximum absolute atomic E-state index is 8.41. The SMILES string of the molecule is CC(C)NCCNCCOCCO. The zero-order valence-corrected chi connectivity index (χ0v) is 8.68. The molecule has 0 radical (unpaired) electrons. The summed E-state index contributed by atoms with van der Waals surface area (Å²) in [6.07, 6.45) is 0. The van der Waals surface area contributed by atoms with E-state index in [1.54, 1.807) is 0 Å². The van der Waals surface area contributed by atoms with Crippen LogP contribution >= 0.6 is 0 Å². The Morgan fingerprint density at radius 3 is 2.54 bits per heavy atom. The van der Waals surface area contributed by atoms with Crippen molar-refractivity contribution in [3.63, 3.8) is 0 Å². The second-order valence-corrected chi connectivity index (χ2v) is 3.19. The molecule has 0 aromatic rings. The molecule has 0 aromatic heterocycles. The first kappa shape index (κ1) is 12.8. The van der Waals surface area contributed by atoms with Gasteiger partial charge in [0.15, 0.2) is 0 Å². The van der Waals surface area contributed by atoms with E-state index in [4.69, 9.17) is 9.84 Å². The summed E-state index contributed by atoms with van der Waals surface area (Å²) in [5.74, 6) is 0. The van der Waals surface area contributed by atoms with Crippen LogP contribution in [0.2, 0.25) is 0 Å². The minimum absolute atomic E-state index is 0.106. The van der Waals surface area contributed by atoms with Gasteiger partial charge in [0.05, 0.1) is 19.8 Å². The van der Waals surface area contributed by atoms with Gasteiger partial charge in [0.1, 0.15) is 0 Å². The number of ether oxygens (including phenoxy) is 1. The van der Waals surface area contributed by atoms with Crippen LogP contribution in [-0.4, -0.2) is 50.6 Å². The van der Waals surface area contributed by atoms with Crippen LogP contribution in [0, 0.1) is 0 Å². The Labute approximate surface area is 80.7 Å². The molecule has 80 valence electrons. The van der Waals surface area contributed by atoms with Crippen LogP contribution in [-0.2, 0) is 4.74 Å². The van der Waals surface area contributed by atoms with Gasteiger partial charge in [-0.25, -0.2) is 0 Å². The first-order valence-corrected chi connectivity index (χ1v) is 4.90. The molecule has 0 aliphatic rings. The van der Waals surface area contributed by atoms with E-state index in [1.165, 1.54) is 0 Å². The number of hydrogen-bond acceptors (Lipinski definition) is 4. The van der Waals surface area contributed by atoms with Crippen molar-refractivity contribution < 1.29 is 9.84 Å². The van der Waals surface area contributed by atoms with E-state index in [9.17, 15) is 0 Å². The van der Waals surface area contributed by atoms with Crippen LogP contribution in [0.5, 0.6) is 0 Å². The van der Waals surface area contributed by atoms with E-state index in [1.807, 2.05) is 0 Å². The third-order valence-electron chi connectivity index (χ3n) is 1.51. The Kier molecular flexibility index (Phi) is 9.80. The average molecular weight is 190 g/mol. The van der Waals surface area contributed by atoms with Gasteiger partial charge in [-0.1, -0.05) is 13.8 Å². The van der Waals surface area contributed by atoms with Crippen molar-refractivity contribution in [3.8, 4) is 0 Å². The van der Waals surface area contributed by atoms with Gasteiger partial charge in [-0.2, -0.15) is 0 Å². The number of hydrogen-bond donors (Lipinski definition) is 3. The fraction of sp³-hybridized carbons (Fsp3) is 1.00. The first-order chi connectivity index (χ1) is 6.27. The lowest BCUT2D eigenvalue weighted by Crippen LogP contribution is -2.33. The monoisotopic (exact) mass is 190 g/mol. The summed E-state index contributed by atoms with van der Waals surface area (Å²) in [4.78, 5) is 0. The Balaban J connectivity index is 2.84. The molecule has 4 nitrogen and oxygen atoms in total. The number of aliphatic hydroxyl groups excluding tert-OH is 1. The van der Waals surface area contributed by atoms with Gasteiger partial charge in [-0.3, -0.25) is 0 Å². The summed E-state index contributed by atoms with van der Waals surface area (Å²) in [5, 5.41) is 14.9. The van der Waals surface area contributed by atoms with Gasteiger partial charge >= 0.3 is 0 Å². The zero-order valence-electron chi connectivity index (χ0n) is 8.68. The van der Waals surface area contributed by atoms with Crippen molar-refractivity contribution >= 4 is 0 Å². The predicted molar refractivity (Wildman–Crippen MR) is 53.9 cm³/mol. The lowest BCUT2D eigenvalue weighted by Gasteiger charge is -2.08. The molecule has 0 atom stereocenters. The van der Waals surface area contributed by atoms with Gasteiger partial charge in [0.2, 0.25) is 0 Å². The van der Waals surface area contributed by atoms with E-state index in [0.29, 0.717) is 19.3 Å². The second-order valence-electron chi connectivity index (χ2n) is 3.19. The molecule has 0 fully saturated rings. The molecular formula is C9H22N2O2. The van der Waals surface area contributed by atoms with Crippen molar-refractivity contribution in [2.24, 2.45) is 0 Å². The first-order valence-electron chi connectivity index (χ1n) is 4.90. The molecule has 4 heteroatoms. The molecule has 0 aromatic carbocycles. The van der Waals surface area contributed by atoms with Gasteiger partial charge < -0.3 is 20.5 Å². The van der Waals surface area contributed by atoms with Gasteiger partial charge in [0.25, 0.3) is 0 Å². The van der Waals surface area contributed by atoms with Gasteiger partial charge in [0, 0.05) is 25.7 Å². The maximum atomic E-state index is 8.41. The number of aliphatic hydroxyl groups is 1. The fourth-order valence-electron chi connectivity index (χ4n) is 0.885. The molecule has 0 unspecified atom stereocenters. The molecule has 0 bridgehead atoms. The van der Waals surface area contributed by atoms with Gasteiger partial charge in [-0.15, -0.1) is 0 Å². The quantitative estimate of drug-likeness (QED) is 0.432. The molecule has 13 heavy (non-hydrogen) atoms. The second kappa shape index (κ2) is 9.92. The van der Waals surface area contributed by atoms with Crippen LogP contribution in [0.3, 0.4) is 0 Å². The Morgan fingerprint density at radius 2 is 1.92 bits per heavy atom.